The van der Waals surface area contributed by atoms with Crippen molar-refractivity contribution in [2.45, 2.75) is 13.5 Å². The van der Waals surface area contributed by atoms with Crippen LogP contribution >= 0.6 is 11.3 Å². The molecule has 0 radical (unpaired) electrons. The fourth-order valence-electron chi connectivity index (χ4n) is 3.07. The molecule has 0 aliphatic heterocycles. The van der Waals surface area contributed by atoms with Gasteiger partial charge in [0.25, 0.3) is 5.91 Å². The summed E-state index contributed by atoms with van der Waals surface area (Å²) in [6.45, 7) is -1.17. The first kappa shape index (κ1) is 20.6. The molecule has 0 unspecified atom stereocenters. The molecule has 0 spiro atoms. The monoisotopic (exact) mass is 437 g/mol. The molecule has 1 N–H and O–H groups in total. The third kappa shape index (κ3) is 4.75. The summed E-state index contributed by atoms with van der Waals surface area (Å²) in [5, 5.41) is 4.77. The Bertz CT molecular complexity index is 1210. The normalized spacial score (nSPS) is 10.8. The maximum Gasteiger partial charge on any atom is 0.387 e. The quantitative estimate of drug-likeness (QED) is 0.400. The molecule has 0 fully saturated rings. The van der Waals surface area contributed by atoms with Crippen LogP contribution < -0.4 is 10.1 Å². The van der Waals surface area contributed by atoms with E-state index in [2.05, 4.69) is 20.0 Å². The minimum atomic E-state index is -2.94. The number of nitrogens with zero attached hydrogens (tertiary/aromatic N) is 2. The number of nitrogens with one attached hydrogen (secondary N) is 1. The molecule has 4 aromatic rings. The van der Waals surface area contributed by atoms with Gasteiger partial charge < -0.3 is 4.74 Å². The highest BCUT2D eigenvalue weighted by molar-refractivity contribution is 7.14. The van der Waals surface area contributed by atoms with Crippen LogP contribution in [-0.4, -0.2) is 22.5 Å². The van der Waals surface area contributed by atoms with Crippen molar-refractivity contribution in [2.24, 2.45) is 0 Å². The van der Waals surface area contributed by atoms with E-state index in [0.29, 0.717) is 27.6 Å². The lowest BCUT2D eigenvalue weighted by atomic mass is 10.1. The zero-order chi connectivity index (χ0) is 21.8. The predicted molar refractivity (Wildman–Crippen MR) is 117 cm³/mol. The number of benzene rings is 2. The van der Waals surface area contributed by atoms with Crippen molar-refractivity contribution in [2.75, 3.05) is 5.32 Å². The summed E-state index contributed by atoms with van der Waals surface area (Å²) in [5.41, 5.74) is 3.62. The minimum Gasteiger partial charge on any atom is -0.434 e. The van der Waals surface area contributed by atoms with Gasteiger partial charge in [-0.2, -0.15) is 8.78 Å². The van der Waals surface area contributed by atoms with E-state index in [0.717, 1.165) is 11.3 Å². The summed E-state index contributed by atoms with van der Waals surface area (Å²) in [5.74, 6) is -0.320. The molecule has 0 bridgehead atoms. The van der Waals surface area contributed by atoms with Gasteiger partial charge in [-0.1, -0.05) is 42.5 Å². The van der Waals surface area contributed by atoms with Crippen molar-refractivity contribution in [3.05, 3.63) is 83.4 Å². The predicted octanol–water partition coefficient (Wildman–Crippen LogP) is 6.03. The van der Waals surface area contributed by atoms with Crippen LogP contribution in [0.25, 0.3) is 22.5 Å². The van der Waals surface area contributed by atoms with Crippen molar-refractivity contribution in [3.8, 4) is 28.3 Å². The van der Waals surface area contributed by atoms with Crippen LogP contribution in [0.15, 0.2) is 72.1 Å². The smallest absolute Gasteiger partial charge is 0.387 e. The van der Waals surface area contributed by atoms with Crippen LogP contribution in [0.3, 0.4) is 0 Å². The average Bonchev–Trinajstić information content (AvgIpc) is 3.22. The lowest BCUT2D eigenvalue weighted by Gasteiger charge is -2.09. The lowest BCUT2D eigenvalue weighted by Crippen LogP contribution is -2.14. The van der Waals surface area contributed by atoms with Crippen LogP contribution in [0.2, 0.25) is 0 Å². The van der Waals surface area contributed by atoms with E-state index in [1.54, 1.807) is 42.6 Å². The number of hydrogen-bond donors (Lipinski definition) is 1. The molecule has 0 saturated carbocycles. The number of thiazole rings is 1. The maximum atomic E-state index is 12.7. The molecule has 2 aromatic carbocycles. The minimum absolute atomic E-state index is 0.0252. The molecule has 1 amide bonds. The fraction of sp³-hybridized carbons (Fsp3) is 0.0870. The zero-order valence-corrected chi connectivity index (χ0v) is 17.2. The van der Waals surface area contributed by atoms with Gasteiger partial charge in [0.1, 0.15) is 5.75 Å². The number of carbonyl (C=O) groups excluding carboxylic acids is 1. The number of para-hydroxylation sites is 1. The fourth-order valence-corrected chi connectivity index (χ4v) is 3.77. The van der Waals surface area contributed by atoms with Crippen molar-refractivity contribution >= 4 is 22.4 Å². The number of aryl methyl sites for hydroxylation is 1. The highest BCUT2D eigenvalue weighted by Gasteiger charge is 2.16. The summed E-state index contributed by atoms with van der Waals surface area (Å²) in [7, 11) is 0. The third-order valence-electron chi connectivity index (χ3n) is 4.50. The Balaban J connectivity index is 1.53. The molecule has 2 aromatic heterocycles. The van der Waals surface area contributed by atoms with E-state index in [4.69, 9.17) is 0 Å². The SMILES string of the molecule is Cc1nc(-c2ccccc2)ccc1C(=O)Nc1nc(-c2ccccc2OC(F)F)cs1. The topological polar surface area (TPSA) is 64.1 Å². The van der Waals surface area contributed by atoms with Gasteiger partial charge >= 0.3 is 6.61 Å². The summed E-state index contributed by atoms with van der Waals surface area (Å²) in [6, 6.07) is 19.6. The summed E-state index contributed by atoms with van der Waals surface area (Å²) >= 11 is 1.19. The van der Waals surface area contributed by atoms with Crippen LogP contribution in [0.5, 0.6) is 5.75 Å². The van der Waals surface area contributed by atoms with Crippen molar-refractivity contribution < 1.29 is 18.3 Å². The van der Waals surface area contributed by atoms with Crippen LogP contribution in [-0.2, 0) is 0 Å². The van der Waals surface area contributed by atoms with E-state index in [1.165, 1.54) is 17.4 Å². The number of halogens is 2. The second-order valence-corrected chi connectivity index (χ2v) is 7.42. The van der Waals surface area contributed by atoms with Gasteiger partial charge in [0.2, 0.25) is 0 Å². The first-order valence-corrected chi connectivity index (χ1v) is 10.2. The van der Waals surface area contributed by atoms with Crippen LogP contribution in [0, 0.1) is 6.92 Å². The zero-order valence-electron chi connectivity index (χ0n) is 16.4. The van der Waals surface area contributed by atoms with Crippen molar-refractivity contribution in [1.82, 2.24) is 9.97 Å². The van der Waals surface area contributed by atoms with E-state index < -0.39 is 6.61 Å². The molecule has 156 valence electrons. The van der Waals surface area contributed by atoms with Crippen molar-refractivity contribution in [1.29, 1.82) is 0 Å². The van der Waals surface area contributed by atoms with Gasteiger partial charge in [0, 0.05) is 16.5 Å². The molecule has 0 saturated heterocycles. The average molecular weight is 437 g/mol. The number of anilines is 1. The first-order valence-electron chi connectivity index (χ1n) is 9.35. The Morgan fingerprint density at radius 1 is 0.968 bits per heavy atom. The van der Waals surface area contributed by atoms with E-state index in [1.807, 2.05) is 30.3 Å². The molecule has 2 heterocycles. The summed E-state index contributed by atoms with van der Waals surface area (Å²) < 4.78 is 29.9. The number of alkyl halides is 2. The van der Waals surface area contributed by atoms with Gasteiger partial charge in [-0.3, -0.25) is 15.1 Å². The molecule has 5 nitrogen and oxygen atoms in total. The van der Waals surface area contributed by atoms with Crippen LogP contribution in [0.1, 0.15) is 16.1 Å². The van der Waals surface area contributed by atoms with Gasteiger partial charge in [0.05, 0.1) is 22.6 Å². The Labute approximate surface area is 181 Å². The number of ether oxygens (including phenoxy) is 1. The Morgan fingerprint density at radius 2 is 1.71 bits per heavy atom. The highest BCUT2D eigenvalue weighted by Crippen LogP contribution is 2.33. The second-order valence-electron chi connectivity index (χ2n) is 6.56. The first-order chi connectivity index (χ1) is 15.0. The molecule has 0 aliphatic carbocycles. The van der Waals surface area contributed by atoms with Gasteiger partial charge in [0.15, 0.2) is 5.13 Å². The summed E-state index contributed by atoms with van der Waals surface area (Å²) in [4.78, 5) is 21.6. The molecular weight excluding hydrogens is 420 g/mol. The van der Waals surface area contributed by atoms with Crippen molar-refractivity contribution in [3.63, 3.8) is 0 Å². The molecule has 0 aliphatic rings. The lowest BCUT2D eigenvalue weighted by molar-refractivity contribution is -0.0494. The number of pyridine rings is 1. The number of carbonyl (C=O) groups is 1. The van der Waals surface area contributed by atoms with E-state index in [-0.39, 0.29) is 11.7 Å². The molecule has 8 heteroatoms. The number of amides is 1. The Morgan fingerprint density at radius 3 is 2.45 bits per heavy atom. The van der Waals surface area contributed by atoms with E-state index in [9.17, 15) is 13.6 Å². The summed E-state index contributed by atoms with van der Waals surface area (Å²) in [6.07, 6.45) is 0. The molecular formula is C23H17F2N3O2S. The van der Waals surface area contributed by atoms with E-state index >= 15 is 0 Å². The standard InChI is InChI=1S/C23H17F2N3O2S/c1-14-16(11-12-18(26-14)15-7-3-2-4-8-15)21(29)28-23-27-19(13-31-23)17-9-5-6-10-20(17)30-22(24)25/h2-13,22H,1H3,(H,27,28,29). The number of hydrogen-bond acceptors (Lipinski definition) is 5. The van der Waals surface area contributed by atoms with Gasteiger partial charge in [-0.25, -0.2) is 4.98 Å². The Kier molecular flexibility index (Phi) is 5.99. The molecule has 31 heavy (non-hydrogen) atoms. The second kappa shape index (κ2) is 9.01. The maximum absolute atomic E-state index is 12.7. The largest absolute Gasteiger partial charge is 0.434 e. The third-order valence-corrected chi connectivity index (χ3v) is 5.26. The van der Waals surface area contributed by atoms with Gasteiger partial charge in [-0.05, 0) is 31.2 Å². The number of aromatic nitrogens is 2. The highest BCUT2D eigenvalue weighted by atomic mass is 32.1. The number of rotatable bonds is 6. The van der Waals surface area contributed by atoms with Gasteiger partial charge in [-0.15, -0.1) is 11.3 Å². The van der Waals surface area contributed by atoms with Crippen LogP contribution in [0.4, 0.5) is 13.9 Å². The molecule has 4 rings (SSSR count). The molecule has 0 atom stereocenters. The Hall–Kier alpha value is -3.65.